The number of thiazole rings is 1. The van der Waals surface area contributed by atoms with Gasteiger partial charge in [0.25, 0.3) is 0 Å². The summed E-state index contributed by atoms with van der Waals surface area (Å²) >= 11 is 1.15. The number of aryl methyl sites for hydroxylation is 1. The van der Waals surface area contributed by atoms with E-state index in [-0.39, 0.29) is 23.2 Å². The number of nitrogens with zero attached hydrogens (tertiary/aromatic N) is 1. The van der Waals surface area contributed by atoms with E-state index in [9.17, 15) is 14.4 Å². The van der Waals surface area contributed by atoms with E-state index >= 15 is 0 Å². The van der Waals surface area contributed by atoms with Crippen LogP contribution in [-0.4, -0.2) is 30.1 Å². The number of aromatic nitrogens is 1. The zero-order valence-electron chi connectivity index (χ0n) is 13.7. The predicted molar refractivity (Wildman–Crippen MR) is 92.4 cm³/mol. The number of benzene rings is 1. The fourth-order valence-electron chi connectivity index (χ4n) is 2.25. The van der Waals surface area contributed by atoms with Crippen molar-refractivity contribution in [3.8, 4) is 0 Å². The monoisotopic (exact) mass is 348 g/mol. The molecule has 0 atom stereocenters. The molecule has 1 aromatic carbocycles. The van der Waals surface area contributed by atoms with E-state index in [1.165, 1.54) is 7.11 Å². The lowest BCUT2D eigenvalue weighted by molar-refractivity contribution is -0.121. The average Bonchev–Trinajstić information content (AvgIpc) is 2.91. The van der Waals surface area contributed by atoms with Crippen molar-refractivity contribution >= 4 is 23.2 Å². The van der Waals surface area contributed by atoms with Crippen LogP contribution in [0.15, 0.2) is 34.4 Å². The number of methoxy groups -OCH3 is 1. The summed E-state index contributed by atoms with van der Waals surface area (Å²) in [4.78, 5) is 34.7. The third-order valence-corrected chi connectivity index (χ3v) is 4.53. The zero-order valence-corrected chi connectivity index (χ0v) is 14.5. The van der Waals surface area contributed by atoms with Crippen LogP contribution >= 0.6 is 11.3 Å². The van der Waals surface area contributed by atoms with Crippen LogP contribution in [0, 0.1) is 6.92 Å². The molecule has 2 rings (SSSR count). The lowest BCUT2D eigenvalue weighted by Crippen LogP contribution is -2.28. The van der Waals surface area contributed by atoms with Crippen LogP contribution in [-0.2, 0) is 22.5 Å². The predicted octanol–water partition coefficient (Wildman–Crippen LogP) is 1.75. The molecule has 1 amide bonds. The van der Waals surface area contributed by atoms with Gasteiger partial charge in [-0.15, -0.1) is 0 Å². The molecule has 0 aliphatic rings. The van der Waals surface area contributed by atoms with Crippen LogP contribution < -0.4 is 10.2 Å². The van der Waals surface area contributed by atoms with Gasteiger partial charge in [0.2, 0.25) is 5.91 Å². The Labute approximate surface area is 144 Å². The summed E-state index contributed by atoms with van der Waals surface area (Å²) in [7, 11) is 1.34. The molecule has 1 aromatic heterocycles. The van der Waals surface area contributed by atoms with Gasteiger partial charge in [0.1, 0.15) is 0 Å². The van der Waals surface area contributed by atoms with Crippen molar-refractivity contribution in [3.05, 3.63) is 56.1 Å². The van der Waals surface area contributed by atoms with E-state index in [1.54, 1.807) is 22.1 Å². The maximum atomic E-state index is 11.8. The molecule has 0 radical (unpaired) electrons. The van der Waals surface area contributed by atoms with Gasteiger partial charge < -0.3 is 14.6 Å². The number of hydrogen-bond acceptors (Lipinski definition) is 5. The standard InChI is InChI=1S/C17H20N2O4S/c1-12-11-24-17(22)19(12)10-8-15(20)18-9-7-13-3-5-14(6-4-13)16(21)23-2/h3-6,11H,7-10H2,1-2H3,(H,18,20). The number of amides is 1. The minimum Gasteiger partial charge on any atom is -0.465 e. The van der Waals surface area contributed by atoms with E-state index in [0.717, 1.165) is 22.6 Å². The average molecular weight is 348 g/mol. The molecule has 7 heteroatoms. The Hall–Kier alpha value is -2.41. The van der Waals surface area contributed by atoms with Crippen LogP contribution in [0.1, 0.15) is 28.0 Å². The number of nitrogens with one attached hydrogen (secondary N) is 1. The van der Waals surface area contributed by atoms with Crippen molar-refractivity contribution in [3.63, 3.8) is 0 Å². The number of ether oxygens (including phenoxy) is 1. The summed E-state index contributed by atoms with van der Waals surface area (Å²) in [5, 5.41) is 4.63. The van der Waals surface area contributed by atoms with Gasteiger partial charge >= 0.3 is 10.8 Å². The van der Waals surface area contributed by atoms with Gasteiger partial charge in [-0.3, -0.25) is 9.59 Å². The van der Waals surface area contributed by atoms with Crippen LogP contribution in [0.5, 0.6) is 0 Å². The molecule has 128 valence electrons. The minimum atomic E-state index is -0.367. The Morgan fingerprint density at radius 2 is 1.96 bits per heavy atom. The van der Waals surface area contributed by atoms with Gasteiger partial charge in [0, 0.05) is 30.6 Å². The summed E-state index contributed by atoms with van der Waals surface area (Å²) in [5.74, 6) is -0.451. The summed E-state index contributed by atoms with van der Waals surface area (Å²) in [6.45, 7) is 2.76. The fraction of sp³-hybridized carbons (Fsp3) is 0.353. The molecule has 0 fully saturated rings. The molecule has 0 saturated heterocycles. The van der Waals surface area contributed by atoms with Crippen LogP contribution in [0.25, 0.3) is 0 Å². The first-order valence-electron chi connectivity index (χ1n) is 7.60. The Morgan fingerprint density at radius 3 is 2.54 bits per heavy atom. The molecular formula is C17H20N2O4S. The van der Waals surface area contributed by atoms with Gasteiger partial charge in [-0.2, -0.15) is 0 Å². The van der Waals surface area contributed by atoms with E-state index in [4.69, 9.17) is 0 Å². The second kappa shape index (κ2) is 8.44. The van der Waals surface area contributed by atoms with Crippen molar-refractivity contribution in [2.45, 2.75) is 26.3 Å². The second-order valence-electron chi connectivity index (χ2n) is 5.33. The van der Waals surface area contributed by atoms with Crippen LogP contribution in [0.3, 0.4) is 0 Å². The lowest BCUT2D eigenvalue weighted by atomic mass is 10.1. The van der Waals surface area contributed by atoms with Gasteiger partial charge in [-0.25, -0.2) is 4.79 Å². The van der Waals surface area contributed by atoms with Crippen molar-refractivity contribution < 1.29 is 14.3 Å². The van der Waals surface area contributed by atoms with Gasteiger partial charge in [0.05, 0.1) is 12.7 Å². The maximum absolute atomic E-state index is 11.8. The maximum Gasteiger partial charge on any atom is 0.337 e. The zero-order chi connectivity index (χ0) is 17.5. The summed E-state index contributed by atoms with van der Waals surface area (Å²) in [6, 6.07) is 7.09. The van der Waals surface area contributed by atoms with E-state index in [2.05, 4.69) is 10.1 Å². The summed E-state index contributed by atoms with van der Waals surface area (Å²) in [5.41, 5.74) is 2.40. The second-order valence-corrected chi connectivity index (χ2v) is 6.15. The number of rotatable bonds is 7. The Bertz CT molecular complexity index is 762. The first-order chi connectivity index (χ1) is 11.5. The van der Waals surface area contributed by atoms with E-state index in [1.807, 2.05) is 19.1 Å². The Morgan fingerprint density at radius 1 is 1.25 bits per heavy atom. The van der Waals surface area contributed by atoms with Gasteiger partial charge in [-0.05, 0) is 31.0 Å². The summed E-state index contributed by atoms with van der Waals surface area (Å²) in [6.07, 6.45) is 0.948. The SMILES string of the molecule is COC(=O)c1ccc(CCNC(=O)CCn2c(C)csc2=O)cc1. The van der Waals surface area contributed by atoms with E-state index in [0.29, 0.717) is 25.1 Å². The molecular weight excluding hydrogens is 328 g/mol. The molecule has 2 aromatic rings. The fourth-order valence-corrected chi connectivity index (χ4v) is 3.01. The quantitative estimate of drug-likeness (QED) is 0.774. The molecule has 0 bridgehead atoms. The first kappa shape index (κ1) is 17.9. The van der Waals surface area contributed by atoms with Gasteiger partial charge in [0.15, 0.2) is 0 Å². The molecule has 6 nitrogen and oxygen atoms in total. The first-order valence-corrected chi connectivity index (χ1v) is 8.48. The van der Waals surface area contributed by atoms with Crippen molar-refractivity contribution in [2.75, 3.05) is 13.7 Å². The highest BCUT2D eigenvalue weighted by molar-refractivity contribution is 7.07. The Kier molecular flexibility index (Phi) is 6.31. The van der Waals surface area contributed by atoms with E-state index < -0.39 is 0 Å². The molecule has 1 heterocycles. The van der Waals surface area contributed by atoms with Crippen molar-refractivity contribution in [1.29, 1.82) is 0 Å². The topological polar surface area (TPSA) is 77.4 Å². The molecule has 0 saturated carbocycles. The molecule has 0 unspecified atom stereocenters. The van der Waals surface area contributed by atoms with Crippen molar-refractivity contribution in [2.24, 2.45) is 0 Å². The van der Waals surface area contributed by atoms with Crippen LogP contribution in [0.4, 0.5) is 0 Å². The third-order valence-electron chi connectivity index (χ3n) is 3.65. The Balaban J connectivity index is 1.74. The lowest BCUT2D eigenvalue weighted by Gasteiger charge is -2.07. The molecule has 24 heavy (non-hydrogen) atoms. The number of carbonyl (C=O) groups excluding carboxylic acids is 2. The smallest absolute Gasteiger partial charge is 0.337 e. The summed E-state index contributed by atoms with van der Waals surface area (Å²) < 4.78 is 6.25. The number of carbonyl (C=O) groups is 2. The molecule has 0 spiro atoms. The molecule has 0 aliphatic heterocycles. The highest BCUT2D eigenvalue weighted by Crippen LogP contribution is 2.06. The number of hydrogen-bond donors (Lipinski definition) is 1. The molecule has 0 aliphatic carbocycles. The number of esters is 1. The highest BCUT2D eigenvalue weighted by Gasteiger charge is 2.07. The van der Waals surface area contributed by atoms with Gasteiger partial charge in [-0.1, -0.05) is 23.5 Å². The largest absolute Gasteiger partial charge is 0.465 e. The minimum absolute atomic E-state index is 0.0361. The van der Waals surface area contributed by atoms with Crippen LogP contribution in [0.2, 0.25) is 0 Å². The van der Waals surface area contributed by atoms with Crippen molar-refractivity contribution in [1.82, 2.24) is 9.88 Å². The normalized spacial score (nSPS) is 10.4. The highest BCUT2D eigenvalue weighted by atomic mass is 32.1. The third kappa shape index (κ3) is 4.79. The molecule has 1 N–H and O–H groups in total.